The largest absolute Gasteiger partial charge is 0.480 e. The number of aryl methyl sites for hydroxylation is 1. The van der Waals surface area contributed by atoms with E-state index < -0.39 is 23.0 Å². The third-order valence-electron chi connectivity index (χ3n) is 3.57. The van der Waals surface area contributed by atoms with Crippen LogP contribution in [-0.4, -0.2) is 31.7 Å². The van der Waals surface area contributed by atoms with Gasteiger partial charge in [-0.2, -0.15) is 4.31 Å². The average Bonchev–Trinajstić information content (AvgIpc) is 3.20. The number of benzene rings is 1. The van der Waals surface area contributed by atoms with Crippen molar-refractivity contribution in [1.29, 1.82) is 0 Å². The normalized spacial score (nSPS) is 31.9. The molecule has 1 aliphatic heterocycles. The second kappa shape index (κ2) is 4.17. The van der Waals surface area contributed by atoms with Crippen molar-refractivity contribution in [2.45, 2.75) is 36.7 Å². The molecular weight excluding hydrogens is 250 g/mol. The number of hydrogen-bond acceptors (Lipinski definition) is 2. The molecule has 1 aromatic rings. The van der Waals surface area contributed by atoms with Gasteiger partial charge in [-0.1, -0.05) is 17.7 Å². The van der Waals surface area contributed by atoms with Crippen LogP contribution >= 0.6 is 0 Å². The summed E-state index contributed by atoms with van der Waals surface area (Å²) in [6.07, 6.45) is 2.13. The third-order valence-corrected chi connectivity index (χ3v) is 5.10. The molecule has 96 valence electrons. The lowest BCUT2D eigenvalue weighted by atomic mass is 10.2. The topological polar surface area (TPSA) is 57.4 Å². The van der Waals surface area contributed by atoms with Crippen LogP contribution in [-0.2, 0) is 15.8 Å². The molecule has 3 rings (SSSR count). The van der Waals surface area contributed by atoms with Crippen LogP contribution in [0.2, 0.25) is 0 Å². The van der Waals surface area contributed by atoms with Gasteiger partial charge in [0.05, 0.1) is 10.9 Å². The molecule has 2 unspecified atom stereocenters. The Morgan fingerprint density at radius 3 is 2.44 bits per heavy atom. The van der Waals surface area contributed by atoms with Crippen LogP contribution in [0.5, 0.6) is 0 Å². The first-order valence-electron chi connectivity index (χ1n) is 6.09. The summed E-state index contributed by atoms with van der Waals surface area (Å²) in [5, 5.41) is 9.13. The van der Waals surface area contributed by atoms with Crippen molar-refractivity contribution in [3.05, 3.63) is 29.8 Å². The minimum atomic E-state index is -1.34. The monoisotopic (exact) mass is 265 g/mol. The Morgan fingerprint density at radius 1 is 1.33 bits per heavy atom. The highest BCUT2D eigenvalue weighted by Crippen LogP contribution is 2.48. The molecule has 4 nitrogen and oxygen atoms in total. The van der Waals surface area contributed by atoms with Gasteiger partial charge < -0.3 is 5.11 Å². The van der Waals surface area contributed by atoms with Gasteiger partial charge in [0.1, 0.15) is 17.0 Å². The van der Waals surface area contributed by atoms with Crippen molar-refractivity contribution in [2.75, 3.05) is 0 Å². The van der Waals surface area contributed by atoms with Gasteiger partial charge in [0, 0.05) is 0 Å². The van der Waals surface area contributed by atoms with E-state index in [0.717, 1.165) is 18.4 Å². The minimum absolute atomic E-state index is 0.0235. The summed E-state index contributed by atoms with van der Waals surface area (Å²) in [7, 11) is -1.34. The summed E-state index contributed by atoms with van der Waals surface area (Å²) in [5.74, 6) is -0.423. The maximum atomic E-state index is 12.3. The fourth-order valence-corrected chi connectivity index (χ4v) is 3.86. The number of carbonyl (C=O) groups is 1. The highest BCUT2D eigenvalue weighted by atomic mass is 32.2. The van der Waals surface area contributed by atoms with E-state index >= 15 is 0 Å². The van der Waals surface area contributed by atoms with Crippen LogP contribution in [0.15, 0.2) is 29.2 Å². The van der Waals surface area contributed by atoms with Crippen LogP contribution in [0.1, 0.15) is 18.4 Å². The average molecular weight is 265 g/mol. The van der Waals surface area contributed by atoms with Crippen molar-refractivity contribution in [3.63, 3.8) is 0 Å². The highest BCUT2D eigenvalue weighted by molar-refractivity contribution is 7.83. The minimum Gasteiger partial charge on any atom is -0.480 e. The molecule has 0 aromatic heterocycles. The van der Waals surface area contributed by atoms with E-state index in [9.17, 15) is 9.00 Å². The number of hydrogen-bond donors (Lipinski definition) is 1. The van der Waals surface area contributed by atoms with E-state index in [1.807, 2.05) is 31.2 Å². The second-order valence-electron chi connectivity index (χ2n) is 5.03. The molecule has 0 bridgehead atoms. The van der Waals surface area contributed by atoms with Gasteiger partial charge in [0.15, 0.2) is 0 Å². The van der Waals surface area contributed by atoms with Gasteiger partial charge in [-0.3, -0.25) is 4.79 Å². The van der Waals surface area contributed by atoms with Crippen LogP contribution in [0.4, 0.5) is 0 Å². The smallest absolute Gasteiger partial charge is 0.323 e. The summed E-state index contributed by atoms with van der Waals surface area (Å²) in [5.41, 5.74) is 1.11. The summed E-state index contributed by atoms with van der Waals surface area (Å²) in [6, 6.07) is 6.85. The summed E-state index contributed by atoms with van der Waals surface area (Å²) in [6.45, 7) is 1.97. The predicted molar refractivity (Wildman–Crippen MR) is 67.4 cm³/mol. The lowest BCUT2D eigenvalue weighted by Gasteiger charge is -2.04. The third kappa shape index (κ3) is 1.97. The Labute approximate surface area is 108 Å². The number of rotatable bonds is 4. The van der Waals surface area contributed by atoms with Crippen LogP contribution in [0.25, 0.3) is 0 Å². The van der Waals surface area contributed by atoms with E-state index in [1.165, 1.54) is 0 Å². The lowest BCUT2D eigenvalue weighted by molar-refractivity contribution is -0.137. The zero-order chi connectivity index (χ0) is 12.9. The number of carboxylic acid groups (broad SMARTS) is 1. The molecule has 2 fully saturated rings. The molecule has 1 aromatic carbocycles. The molecule has 1 heterocycles. The first kappa shape index (κ1) is 11.9. The molecule has 18 heavy (non-hydrogen) atoms. The van der Waals surface area contributed by atoms with Crippen molar-refractivity contribution >= 4 is 17.0 Å². The summed E-state index contributed by atoms with van der Waals surface area (Å²) >= 11 is 0. The summed E-state index contributed by atoms with van der Waals surface area (Å²) in [4.78, 5) is 11.8. The van der Waals surface area contributed by atoms with E-state index in [4.69, 9.17) is 5.11 Å². The van der Waals surface area contributed by atoms with E-state index in [2.05, 4.69) is 0 Å². The zero-order valence-corrected chi connectivity index (χ0v) is 10.9. The summed E-state index contributed by atoms with van der Waals surface area (Å²) < 4.78 is 14.0. The molecule has 0 amide bonds. The van der Waals surface area contributed by atoms with E-state index in [1.54, 1.807) is 4.31 Å². The van der Waals surface area contributed by atoms with Gasteiger partial charge in [-0.15, -0.1) is 0 Å². The molecule has 2 aliphatic rings. The molecule has 1 aliphatic carbocycles. The molecule has 1 saturated carbocycles. The Kier molecular flexibility index (Phi) is 2.75. The van der Waals surface area contributed by atoms with Gasteiger partial charge >= 0.3 is 5.97 Å². The molecule has 0 spiro atoms. The van der Waals surface area contributed by atoms with Crippen molar-refractivity contribution in [2.24, 2.45) is 5.92 Å². The van der Waals surface area contributed by atoms with Crippen molar-refractivity contribution in [3.8, 4) is 0 Å². The number of carboxylic acids is 1. The second-order valence-corrected chi connectivity index (χ2v) is 6.42. The number of nitrogens with zero attached hydrogens (tertiary/aromatic N) is 1. The molecule has 5 heteroatoms. The highest BCUT2D eigenvalue weighted by Gasteiger charge is 2.62. The van der Waals surface area contributed by atoms with E-state index in [0.29, 0.717) is 10.8 Å². The quantitative estimate of drug-likeness (QED) is 0.841. The molecular formula is C13H15NO3S. The van der Waals surface area contributed by atoms with Gasteiger partial charge in [-0.25, -0.2) is 4.21 Å². The first-order valence-corrected chi connectivity index (χ1v) is 7.20. The van der Waals surface area contributed by atoms with Gasteiger partial charge in [-0.05, 0) is 37.8 Å². The van der Waals surface area contributed by atoms with Gasteiger partial charge in [0.25, 0.3) is 0 Å². The standard InChI is InChI=1S/C13H15NO3S/c1-8-2-6-10(7-3-8)18(17)14-11(9-4-5-9)12(14)13(15)16/h2-3,6-7,9,11-12H,4-5H2,1H3,(H,15,16)/t11-,12-,14?,18?/m1/s1. The SMILES string of the molecule is Cc1ccc(S(=O)N2[C@H](C3CC3)[C@@H]2C(=O)O)cc1. The maximum Gasteiger partial charge on any atom is 0.323 e. The molecule has 1 saturated heterocycles. The maximum absolute atomic E-state index is 12.3. The Morgan fingerprint density at radius 2 is 1.94 bits per heavy atom. The molecule has 4 atom stereocenters. The zero-order valence-electron chi connectivity index (χ0n) is 10.1. The van der Waals surface area contributed by atoms with Crippen molar-refractivity contribution in [1.82, 2.24) is 4.31 Å². The Balaban J connectivity index is 1.80. The Hall–Kier alpha value is -1.20. The number of aliphatic carboxylic acids is 1. The van der Waals surface area contributed by atoms with Crippen LogP contribution in [0.3, 0.4) is 0 Å². The lowest BCUT2D eigenvalue weighted by Crippen LogP contribution is -2.14. The molecule has 1 N–H and O–H groups in total. The fraction of sp³-hybridized carbons (Fsp3) is 0.462. The van der Waals surface area contributed by atoms with Crippen LogP contribution in [0, 0.1) is 12.8 Å². The first-order chi connectivity index (χ1) is 8.59. The van der Waals surface area contributed by atoms with Crippen molar-refractivity contribution < 1.29 is 14.1 Å². The van der Waals surface area contributed by atoms with Gasteiger partial charge in [0.2, 0.25) is 0 Å². The fourth-order valence-electron chi connectivity index (χ4n) is 2.38. The molecule has 0 radical (unpaired) electrons. The predicted octanol–water partition coefficient (Wildman–Crippen LogP) is 1.57. The van der Waals surface area contributed by atoms with Crippen LogP contribution < -0.4 is 0 Å². The Bertz CT molecular complexity index is 509. The van der Waals surface area contributed by atoms with E-state index in [-0.39, 0.29) is 6.04 Å².